The first-order chi connectivity index (χ1) is 28.6. The van der Waals surface area contributed by atoms with Gasteiger partial charge in [-0.15, -0.1) is 0 Å². The van der Waals surface area contributed by atoms with Crippen LogP contribution in [0.1, 0.15) is 324 Å². The van der Waals surface area contributed by atoms with Gasteiger partial charge in [0.2, 0.25) is 0 Å². The van der Waals surface area contributed by atoms with E-state index in [2.05, 4.69) is 41.5 Å². The summed E-state index contributed by atoms with van der Waals surface area (Å²) in [7, 11) is 0. The van der Waals surface area contributed by atoms with Gasteiger partial charge in [-0.25, -0.2) is 0 Å². The molecule has 351 valence electrons. The van der Waals surface area contributed by atoms with Gasteiger partial charge in [-0.2, -0.15) is 0 Å². The summed E-state index contributed by atoms with van der Waals surface area (Å²) in [5, 5.41) is 0. The summed E-state index contributed by atoms with van der Waals surface area (Å²) in [6.07, 6.45) is 69.6. The Labute approximate surface area is 373 Å². The molecule has 0 atom stereocenters. The van der Waals surface area contributed by atoms with Crippen molar-refractivity contribution in [3.05, 3.63) is 0 Å². The van der Waals surface area contributed by atoms with Gasteiger partial charge < -0.3 is 0 Å². The van der Waals surface area contributed by atoms with Gasteiger partial charge in [-0.05, 0) is 0 Å². The number of hydrogen-bond acceptors (Lipinski definition) is 0. The average Bonchev–Trinajstić information content (AvgIpc) is 3.23. The van der Waals surface area contributed by atoms with Crippen molar-refractivity contribution in [1.82, 2.24) is 0 Å². The Kier molecular flexibility index (Phi) is 47.1. The Morgan fingerprint density at radius 3 is 0.534 bits per heavy atom. The fraction of sp³-hybridized carbons (Fsp3) is 1.00. The van der Waals surface area contributed by atoms with Crippen LogP contribution in [-0.2, 0) is 14.8 Å². The molecule has 2 heteroatoms. The maximum atomic E-state index is 2.40. The Bertz CT molecular complexity index is 656. The molecule has 0 radical (unpaired) electrons. The Hall–Kier alpha value is 1.14. The van der Waals surface area contributed by atoms with Crippen molar-refractivity contribution in [2.45, 2.75) is 343 Å². The zero-order chi connectivity index (χ0) is 42.4. The SMILES string of the molecule is CCCCCCCCC[CH2][Ti]([CH2]CCCCCCCCC)([CH2]CCCCCCCCC)([CH2]CCCCCCCCC)[P](CCCCCCCC)CCCCCCCC. The van der Waals surface area contributed by atoms with Gasteiger partial charge in [0.05, 0.1) is 0 Å². The van der Waals surface area contributed by atoms with E-state index in [4.69, 9.17) is 0 Å². The van der Waals surface area contributed by atoms with Crippen molar-refractivity contribution >= 4 is 5.91 Å². The van der Waals surface area contributed by atoms with E-state index in [1.54, 1.807) is 108 Å². The van der Waals surface area contributed by atoms with Crippen molar-refractivity contribution in [3.8, 4) is 0 Å². The summed E-state index contributed by atoms with van der Waals surface area (Å²) in [5.74, 6) is 0.220. The van der Waals surface area contributed by atoms with Crippen LogP contribution in [0.2, 0.25) is 18.9 Å². The molecule has 0 unspecified atom stereocenters. The molecule has 0 saturated heterocycles. The third-order valence-electron chi connectivity index (χ3n) is 15.1. The molecule has 0 rings (SSSR count). The summed E-state index contributed by atoms with van der Waals surface area (Å²) >= 11 is -2.91. The number of unbranched alkanes of at least 4 members (excludes halogenated alkanes) is 38. The molecule has 0 fully saturated rings. The molecule has 0 heterocycles. The Morgan fingerprint density at radius 1 is 0.190 bits per heavy atom. The van der Waals surface area contributed by atoms with E-state index in [0.29, 0.717) is 0 Å². The summed E-state index contributed by atoms with van der Waals surface area (Å²) in [6.45, 7) is 14.3. The molecular formula is C56H118PTi. The predicted molar refractivity (Wildman–Crippen MR) is 273 cm³/mol. The summed E-state index contributed by atoms with van der Waals surface area (Å²) in [4.78, 5) is 0. The molecule has 0 bridgehead atoms. The van der Waals surface area contributed by atoms with Crippen LogP contribution in [0.3, 0.4) is 0 Å². The average molecular weight is 870 g/mol. The normalized spacial score (nSPS) is 12.8. The molecule has 0 N–H and O–H groups in total. The Morgan fingerprint density at radius 2 is 0.345 bits per heavy atom. The van der Waals surface area contributed by atoms with E-state index >= 15 is 0 Å². The van der Waals surface area contributed by atoms with Crippen LogP contribution in [0, 0.1) is 0 Å². The topological polar surface area (TPSA) is 0 Å². The molecule has 0 aromatic carbocycles. The first-order valence-corrected chi connectivity index (χ1v) is 36.7. The van der Waals surface area contributed by atoms with Crippen LogP contribution >= 0.6 is 5.91 Å². The van der Waals surface area contributed by atoms with Crippen LogP contribution in [-0.4, -0.2) is 12.3 Å². The van der Waals surface area contributed by atoms with Gasteiger partial charge in [0.25, 0.3) is 0 Å². The quantitative estimate of drug-likeness (QED) is 0.0325. The molecule has 0 aromatic rings. The van der Waals surface area contributed by atoms with E-state index in [9.17, 15) is 0 Å². The standard InChI is InChI=1S/C16H34P.4C10H21.Ti/c1-3-5-7-9-11-13-15-17-16-14-12-10-8-6-4-2;4*1-3-5-7-9-10-8-6-4-2;/h3-16H2,1-2H3;4*1,3-10H2,2H3;/q-1;;;;;+1. The number of rotatable bonds is 51. The summed E-state index contributed by atoms with van der Waals surface area (Å²) < 4.78 is 7.19. The van der Waals surface area contributed by atoms with E-state index in [1.165, 1.54) is 205 Å². The van der Waals surface area contributed by atoms with Crippen LogP contribution in [0.5, 0.6) is 0 Å². The molecule has 0 aromatic heterocycles. The van der Waals surface area contributed by atoms with Gasteiger partial charge in [0.1, 0.15) is 0 Å². The number of hydrogen-bond donors (Lipinski definition) is 0. The van der Waals surface area contributed by atoms with Gasteiger partial charge in [0.15, 0.2) is 0 Å². The zero-order valence-electron chi connectivity index (χ0n) is 42.3. The second kappa shape index (κ2) is 46.1. The van der Waals surface area contributed by atoms with E-state index in [0.717, 1.165) is 0 Å². The molecule has 0 aliphatic carbocycles. The molecule has 0 spiro atoms. The Balaban J connectivity index is 6.66. The van der Waals surface area contributed by atoms with Gasteiger partial charge in [-0.3, -0.25) is 0 Å². The molecule has 0 amide bonds. The minimum absolute atomic E-state index is 0.220. The third kappa shape index (κ3) is 33.7. The predicted octanol–water partition coefficient (Wildman–Crippen LogP) is 23.0. The van der Waals surface area contributed by atoms with Crippen LogP contribution in [0.4, 0.5) is 0 Å². The first-order valence-electron chi connectivity index (χ1n) is 28.5. The van der Waals surface area contributed by atoms with Crippen LogP contribution in [0.15, 0.2) is 0 Å². The maximum absolute atomic E-state index is 2.91. The van der Waals surface area contributed by atoms with E-state index in [-0.39, 0.29) is 5.91 Å². The molecule has 0 saturated carbocycles. The van der Waals surface area contributed by atoms with Crippen molar-refractivity contribution < 1.29 is 14.8 Å². The minimum atomic E-state index is -2.91. The monoisotopic (exact) mass is 870 g/mol. The molecular weight excluding hydrogens is 751 g/mol. The van der Waals surface area contributed by atoms with Gasteiger partial charge in [0, 0.05) is 0 Å². The zero-order valence-corrected chi connectivity index (χ0v) is 44.8. The summed E-state index contributed by atoms with van der Waals surface area (Å²) in [6, 6.07) is 0. The second-order valence-electron chi connectivity index (χ2n) is 20.6. The fourth-order valence-corrected chi connectivity index (χ4v) is 40.6. The summed E-state index contributed by atoms with van der Waals surface area (Å²) in [5.41, 5.74) is 0. The van der Waals surface area contributed by atoms with Gasteiger partial charge in [-0.1, -0.05) is 0 Å². The molecule has 58 heavy (non-hydrogen) atoms. The third-order valence-corrected chi connectivity index (χ3v) is 43.0. The van der Waals surface area contributed by atoms with Crippen molar-refractivity contribution in [2.75, 3.05) is 12.3 Å². The van der Waals surface area contributed by atoms with Crippen LogP contribution in [0.25, 0.3) is 0 Å². The van der Waals surface area contributed by atoms with Gasteiger partial charge >= 0.3 is 376 Å². The van der Waals surface area contributed by atoms with E-state index in [1.807, 2.05) is 0 Å². The van der Waals surface area contributed by atoms with Crippen molar-refractivity contribution in [3.63, 3.8) is 0 Å². The first kappa shape index (κ1) is 59.1. The van der Waals surface area contributed by atoms with Crippen molar-refractivity contribution in [1.29, 1.82) is 0 Å². The van der Waals surface area contributed by atoms with Crippen LogP contribution < -0.4 is 0 Å². The molecule has 0 aliphatic heterocycles. The molecule has 0 nitrogen and oxygen atoms in total. The second-order valence-corrected chi connectivity index (χ2v) is 40.5. The molecule has 0 aliphatic rings. The van der Waals surface area contributed by atoms with Crippen molar-refractivity contribution in [2.24, 2.45) is 0 Å². The fourth-order valence-electron chi connectivity index (χ4n) is 11.1. The van der Waals surface area contributed by atoms with E-state index < -0.39 is 14.8 Å².